The van der Waals surface area contributed by atoms with Gasteiger partial charge in [-0.1, -0.05) is 18.2 Å². The summed E-state index contributed by atoms with van der Waals surface area (Å²) in [5.74, 6) is 0.983. The summed E-state index contributed by atoms with van der Waals surface area (Å²) in [6.07, 6.45) is 0. The smallest absolute Gasteiger partial charge is 0.254 e. The van der Waals surface area contributed by atoms with E-state index in [9.17, 15) is 9.18 Å². The molecule has 9 heteroatoms. The number of amides is 1. The third-order valence-electron chi connectivity index (χ3n) is 5.45. The Kier molecular flexibility index (Phi) is 6.75. The number of carbonyl (C=O) groups excluding carboxylic acids is 1. The van der Waals surface area contributed by atoms with Crippen molar-refractivity contribution in [3.63, 3.8) is 0 Å². The number of benzene rings is 2. The van der Waals surface area contributed by atoms with Crippen molar-refractivity contribution >= 4 is 5.91 Å². The first kappa shape index (κ1) is 21.9. The van der Waals surface area contributed by atoms with E-state index in [1.165, 1.54) is 6.07 Å². The van der Waals surface area contributed by atoms with Crippen LogP contribution in [0.1, 0.15) is 41.6 Å². The highest BCUT2D eigenvalue weighted by Gasteiger charge is 2.22. The Bertz CT molecular complexity index is 1060. The number of piperazine rings is 1. The van der Waals surface area contributed by atoms with Gasteiger partial charge in [-0.2, -0.15) is 0 Å². The van der Waals surface area contributed by atoms with Crippen LogP contribution in [0.3, 0.4) is 0 Å². The Morgan fingerprint density at radius 1 is 1.09 bits per heavy atom. The van der Waals surface area contributed by atoms with Crippen LogP contribution in [0.25, 0.3) is 0 Å². The number of nitrogens with zero attached hydrogens (tertiary/aromatic N) is 6. The van der Waals surface area contributed by atoms with Crippen LogP contribution in [-0.4, -0.2) is 62.1 Å². The van der Waals surface area contributed by atoms with E-state index < -0.39 is 0 Å². The molecule has 4 rings (SSSR count). The largest absolute Gasteiger partial charge is 0.486 e. The van der Waals surface area contributed by atoms with Crippen LogP contribution in [0.15, 0.2) is 48.5 Å². The number of hydrogen-bond acceptors (Lipinski definition) is 6. The van der Waals surface area contributed by atoms with Crippen LogP contribution in [0.4, 0.5) is 4.39 Å². The maximum absolute atomic E-state index is 13.4. The first-order valence-corrected chi connectivity index (χ1v) is 10.8. The van der Waals surface area contributed by atoms with Crippen molar-refractivity contribution in [3.05, 3.63) is 71.3 Å². The van der Waals surface area contributed by atoms with Gasteiger partial charge in [-0.3, -0.25) is 9.69 Å². The van der Waals surface area contributed by atoms with Crippen molar-refractivity contribution in [1.29, 1.82) is 0 Å². The first-order chi connectivity index (χ1) is 15.5. The molecule has 168 valence electrons. The Hall–Kier alpha value is -3.33. The summed E-state index contributed by atoms with van der Waals surface area (Å²) < 4.78 is 21.0. The third-order valence-corrected chi connectivity index (χ3v) is 5.45. The van der Waals surface area contributed by atoms with Crippen LogP contribution in [0.2, 0.25) is 0 Å². The SMILES string of the molecule is CC(C)n1nnnc1COc1cccc(C(=O)N2CCN(Cc3cccc(F)c3)CC2)c1. The highest BCUT2D eigenvalue weighted by molar-refractivity contribution is 5.94. The van der Waals surface area contributed by atoms with E-state index >= 15 is 0 Å². The summed E-state index contributed by atoms with van der Waals surface area (Å²) in [5.41, 5.74) is 1.53. The van der Waals surface area contributed by atoms with Crippen molar-refractivity contribution in [3.8, 4) is 5.75 Å². The molecular weight excluding hydrogens is 411 g/mol. The predicted molar refractivity (Wildman–Crippen MR) is 117 cm³/mol. The minimum atomic E-state index is -0.223. The molecule has 1 fully saturated rings. The molecule has 1 aromatic heterocycles. The monoisotopic (exact) mass is 438 g/mol. The van der Waals surface area contributed by atoms with E-state index in [0.717, 1.165) is 18.7 Å². The van der Waals surface area contributed by atoms with Crippen LogP contribution in [-0.2, 0) is 13.2 Å². The van der Waals surface area contributed by atoms with Crippen LogP contribution in [0.5, 0.6) is 5.75 Å². The second-order valence-corrected chi connectivity index (χ2v) is 8.15. The van der Waals surface area contributed by atoms with Gasteiger partial charge in [-0.05, 0) is 60.2 Å². The van der Waals surface area contributed by atoms with Gasteiger partial charge in [-0.25, -0.2) is 9.07 Å². The van der Waals surface area contributed by atoms with Gasteiger partial charge >= 0.3 is 0 Å². The molecule has 0 N–H and O–H groups in total. The molecule has 0 bridgehead atoms. The topological polar surface area (TPSA) is 76.4 Å². The Labute approximate surface area is 186 Å². The molecule has 8 nitrogen and oxygen atoms in total. The van der Waals surface area contributed by atoms with Crippen molar-refractivity contribution in [1.82, 2.24) is 30.0 Å². The second-order valence-electron chi connectivity index (χ2n) is 8.15. The number of halogens is 1. The van der Waals surface area contributed by atoms with Gasteiger partial charge in [0.1, 0.15) is 18.2 Å². The average Bonchev–Trinajstić information content (AvgIpc) is 3.27. The normalized spacial score (nSPS) is 14.7. The number of rotatable bonds is 7. The maximum atomic E-state index is 13.4. The molecule has 1 amide bonds. The molecular formula is C23H27FN6O2. The van der Waals surface area contributed by atoms with Gasteiger partial charge in [0.25, 0.3) is 5.91 Å². The lowest BCUT2D eigenvalue weighted by atomic mass is 10.1. The minimum absolute atomic E-state index is 0.0205. The third kappa shape index (κ3) is 5.28. The summed E-state index contributed by atoms with van der Waals surface area (Å²) in [5, 5.41) is 11.7. The Morgan fingerprint density at radius 3 is 2.62 bits per heavy atom. The van der Waals surface area contributed by atoms with Gasteiger partial charge in [0.05, 0.1) is 6.04 Å². The first-order valence-electron chi connectivity index (χ1n) is 10.8. The van der Waals surface area contributed by atoms with Gasteiger partial charge in [0.2, 0.25) is 0 Å². The minimum Gasteiger partial charge on any atom is -0.486 e. The highest BCUT2D eigenvalue weighted by Crippen LogP contribution is 2.18. The van der Waals surface area contributed by atoms with Gasteiger partial charge in [-0.15, -0.1) is 5.10 Å². The molecule has 1 aliphatic heterocycles. The van der Waals surface area contributed by atoms with E-state index in [2.05, 4.69) is 20.4 Å². The molecule has 2 aromatic carbocycles. The Morgan fingerprint density at radius 2 is 1.88 bits per heavy atom. The van der Waals surface area contributed by atoms with Gasteiger partial charge in [0.15, 0.2) is 5.82 Å². The highest BCUT2D eigenvalue weighted by atomic mass is 19.1. The molecule has 32 heavy (non-hydrogen) atoms. The number of aromatic nitrogens is 4. The number of carbonyl (C=O) groups is 1. The van der Waals surface area contributed by atoms with E-state index in [1.54, 1.807) is 28.9 Å². The maximum Gasteiger partial charge on any atom is 0.254 e. The van der Waals surface area contributed by atoms with E-state index in [4.69, 9.17) is 4.74 Å². The summed E-state index contributed by atoms with van der Waals surface area (Å²) in [6, 6.07) is 14.0. The Balaban J connectivity index is 1.32. The molecule has 0 unspecified atom stereocenters. The number of hydrogen-bond donors (Lipinski definition) is 0. The molecule has 0 atom stereocenters. The van der Waals surface area contributed by atoms with E-state index in [1.807, 2.05) is 36.9 Å². The summed E-state index contributed by atoms with van der Waals surface area (Å²) >= 11 is 0. The van der Waals surface area contributed by atoms with Crippen molar-refractivity contribution in [2.75, 3.05) is 26.2 Å². The fourth-order valence-corrected chi connectivity index (χ4v) is 3.76. The molecule has 0 saturated carbocycles. The fraction of sp³-hybridized carbons (Fsp3) is 0.391. The summed E-state index contributed by atoms with van der Waals surface area (Å²) in [6.45, 7) is 7.64. The lowest BCUT2D eigenvalue weighted by Crippen LogP contribution is -2.48. The zero-order valence-electron chi connectivity index (χ0n) is 18.3. The molecule has 3 aromatic rings. The van der Waals surface area contributed by atoms with E-state index in [0.29, 0.717) is 36.8 Å². The molecule has 0 aliphatic carbocycles. The van der Waals surface area contributed by atoms with Crippen molar-refractivity contribution in [2.45, 2.75) is 33.0 Å². The number of ether oxygens (including phenoxy) is 1. The summed E-state index contributed by atoms with van der Waals surface area (Å²) in [4.78, 5) is 17.1. The van der Waals surface area contributed by atoms with Crippen LogP contribution >= 0.6 is 0 Å². The quantitative estimate of drug-likeness (QED) is 0.565. The lowest BCUT2D eigenvalue weighted by molar-refractivity contribution is 0.0628. The zero-order valence-corrected chi connectivity index (χ0v) is 18.3. The molecule has 1 saturated heterocycles. The van der Waals surface area contributed by atoms with Crippen molar-refractivity contribution in [2.24, 2.45) is 0 Å². The average molecular weight is 439 g/mol. The molecule has 0 radical (unpaired) electrons. The lowest BCUT2D eigenvalue weighted by Gasteiger charge is -2.34. The zero-order chi connectivity index (χ0) is 22.5. The van der Waals surface area contributed by atoms with Gasteiger partial charge in [0, 0.05) is 38.3 Å². The standard InChI is InChI=1S/C23H27FN6O2/c1-17(2)30-22(25-26-27-30)16-32-21-8-4-6-19(14-21)23(31)29-11-9-28(10-12-29)15-18-5-3-7-20(24)13-18/h3-8,13-14,17H,9-12,15-16H2,1-2H3. The molecule has 1 aliphatic rings. The molecule has 0 spiro atoms. The van der Waals surface area contributed by atoms with Crippen molar-refractivity contribution < 1.29 is 13.9 Å². The predicted octanol–water partition coefficient (Wildman–Crippen LogP) is 2.93. The second kappa shape index (κ2) is 9.86. The summed E-state index contributed by atoms with van der Waals surface area (Å²) in [7, 11) is 0. The van der Waals surface area contributed by atoms with E-state index in [-0.39, 0.29) is 24.4 Å². The van der Waals surface area contributed by atoms with Gasteiger partial charge < -0.3 is 9.64 Å². The fourth-order valence-electron chi connectivity index (χ4n) is 3.76. The van der Waals surface area contributed by atoms with Crippen LogP contribution in [0, 0.1) is 5.82 Å². The van der Waals surface area contributed by atoms with Crippen LogP contribution < -0.4 is 4.74 Å². The number of tetrazole rings is 1. The molecule has 2 heterocycles.